The van der Waals surface area contributed by atoms with Gasteiger partial charge in [0.25, 0.3) is 0 Å². The van der Waals surface area contributed by atoms with Gasteiger partial charge >= 0.3 is 5.97 Å². The Kier molecular flexibility index (Phi) is 4.47. The summed E-state index contributed by atoms with van der Waals surface area (Å²) in [5.74, 6) is -0.927. The van der Waals surface area contributed by atoms with Crippen LogP contribution in [0.4, 0.5) is 0 Å². The van der Waals surface area contributed by atoms with Crippen molar-refractivity contribution < 1.29 is 15.0 Å². The van der Waals surface area contributed by atoms with Crippen LogP contribution >= 0.6 is 12.6 Å². The fraction of sp³-hybridized carbons (Fsp3) is 0.833. The van der Waals surface area contributed by atoms with E-state index < -0.39 is 17.3 Å². The molecular weight excluding hydrogens is 152 g/mol. The molecule has 0 aromatic heterocycles. The molecule has 0 spiro atoms. The molecule has 0 heterocycles. The lowest BCUT2D eigenvalue weighted by Gasteiger charge is -2.05. The van der Waals surface area contributed by atoms with Crippen LogP contribution in [0.15, 0.2) is 0 Å². The molecule has 0 aliphatic carbocycles. The van der Waals surface area contributed by atoms with Gasteiger partial charge < -0.3 is 10.2 Å². The monoisotopic (exact) mass is 164 g/mol. The van der Waals surface area contributed by atoms with Crippen LogP contribution in [0.2, 0.25) is 0 Å². The lowest BCUT2D eigenvalue weighted by atomic mass is 10.2. The molecule has 0 aliphatic rings. The predicted molar refractivity (Wildman–Crippen MR) is 41.3 cm³/mol. The fourth-order valence-corrected chi connectivity index (χ4v) is 0.672. The molecule has 2 atom stereocenters. The van der Waals surface area contributed by atoms with Gasteiger partial charge in [0.1, 0.15) is 0 Å². The first-order valence-corrected chi connectivity index (χ1v) is 3.64. The summed E-state index contributed by atoms with van der Waals surface area (Å²) in [6, 6.07) is 0. The number of rotatable bonds is 4. The average Bonchev–Trinajstić information content (AvgIpc) is 1.82. The van der Waals surface area contributed by atoms with Gasteiger partial charge in [-0.3, -0.25) is 4.79 Å². The summed E-state index contributed by atoms with van der Waals surface area (Å²) >= 11 is 3.79. The second-order valence-electron chi connectivity index (χ2n) is 2.28. The highest BCUT2D eigenvalue weighted by atomic mass is 32.1. The van der Waals surface area contributed by atoms with Gasteiger partial charge in [-0.2, -0.15) is 12.6 Å². The minimum absolute atomic E-state index is 0.413. The van der Waals surface area contributed by atoms with Crippen molar-refractivity contribution in [2.45, 2.75) is 31.1 Å². The molecule has 2 unspecified atom stereocenters. The van der Waals surface area contributed by atoms with Gasteiger partial charge in [0.05, 0.1) is 11.4 Å². The first-order chi connectivity index (χ1) is 4.54. The molecule has 60 valence electrons. The molecule has 4 heteroatoms. The summed E-state index contributed by atoms with van der Waals surface area (Å²) in [4.78, 5) is 10.2. The molecule has 0 saturated carbocycles. The summed E-state index contributed by atoms with van der Waals surface area (Å²) in [6.45, 7) is 1.63. The Balaban J connectivity index is 3.40. The van der Waals surface area contributed by atoms with Crippen LogP contribution in [0.1, 0.15) is 19.8 Å². The van der Waals surface area contributed by atoms with Gasteiger partial charge in [0.15, 0.2) is 0 Å². The summed E-state index contributed by atoms with van der Waals surface area (Å²) in [7, 11) is 0. The standard InChI is InChI=1S/C6H12O3S/c1-4(7)2-3-5(10)6(8)9/h4-5,7,10H,2-3H2,1H3,(H,8,9). The van der Waals surface area contributed by atoms with E-state index >= 15 is 0 Å². The van der Waals surface area contributed by atoms with Gasteiger partial charge in [-0.15, -0.1) is 0 Å². The highest BCUT2D eigenvalue weighted by molar-refractivity contribution is 7.81. The fourth-order valence-electron chi connectivity index (χ4n) is 0.523. The summed E-state index contributed by atoms with van der Waals surface area (Å²) in [5, 5.41) is 16.4. The van der Waals surface area contributed by atoms with Gasteiger partial charge in [-0.1, -0.05) is 0 Å². The van der Waals surface area contributed by atoms with Crippen LogP contribution in [-0.4, -0.2) is 27.5 Å². The zero-order valence-corrected chi connectivity index (χ0v) is 6.71. The van der Waals surface area contributed by atoms with E-state index in [1.165, 1.54) is 0 Å². The van der Waals surface area contributed by atoms with E-state index in [0.717, 1.165) is 0 Å². The molecule has 2 N–H and O–H groups in total. The van der Waals surface area contributed by atoms with Crippen molar-refractivity contribution in [1.29, 1.82) is 0 Å². The van der Waals surface area contributed by atoms with Crippen molar-refractivity contribution in [3.05, 3.63) is 0 Å². The van der Waals surface area contributed by atoms with E-state index in [4.69, 9.17) is 10.2 Å². The Bertz CT molecular complexity index is 114. The molecule has 0 radical (unpaired) electrons. The first kappa shape index (κ1) is 9.78. The van der Waals surface area contributed by atoms with Crippen molar-refractivity contribution in [1.82, 2.24) is 0 Å². The molecule has 10 heavy (non-hydrogen) atoms. The third kappa shape index (κ3) is 4.64. The number of thiol groups is 1. The Morgan fingerprint density at radius 3 is 2.40 bits per heavy atom. The number of aliphatic carboxylic acids is 1. The van der Waals surface area contributed by atoms with Gasteiger partial charge in [-0.05, 0) is 19.8 Å². The second-order valence-corrected chi connectivity index (χ2v) is 2.90. The Morgan fingerprint density at radius 1 is 1.60 bits per heavy atom. The third-order valence-corrected chi connectivity index (χ3v) is 1.62. The van der Waals surface area contributed by atoms with E-state index in [9.17, 15) is 4.79 Å². The van der Waals surface area contributed by atoms with E-state index in [0.29, 0.717) is 12.8 Å². The highest BCUT2D eigenvalue weighted by Crippen LogP contribution is 2.06. The number of aliphatic hydroxyl groups is 1. The van der Waals surface area contributed by atoms with Gasteiger partial charge in [0, 0.05) is 0 Å². The van der Waals surface area contributed by atoms with Crippen molar-refractivity contribution in [3.63, 3.8) is 0 Å². The number of aliphatic hydroxyl groups excluding tert-OH is 1. The van der Waals surface area contributed by atoms with E-state index in [1.54, 1.807) is 6.92 Å². The number of carboxylic acid groups (broad SMARTS) is 1. The highest BCUT2D eigenvalue weighted by Gasteiger charge is 2.11. The van der Waals surface area contributed by atoms with Crippen LogP contribution in [0.5, 0.6) is 0 Å². The number of carboxylic acids is 1. The zero-order valence-electron chi connectivity index (χ0n) is 5.82. The van der Waals surface area contributed by atoms with E-state index in [-0.39, 0.29) is 0 Å². The number of hydrogen-bond donors (Lipinski definition) is 3. The molecule has 0 rings (SSSR count). The number of hydrogen-bond acceptors (Lipinski definition) is 3. The maximum absolute atomic E-state index is 10.2. The van der Waals surface area contributed by atoms with Crippen molar-refractivity contribution in [2.24, 2.45) is 0 Å². The molecule has 0 aromatic rings. The molecular formula is C6H12O3S. The SMILES string of the molecule is CC(O)CCC(S)C(=O)O. The van der Waals surface area contributed by atoms with Crippen molar-refractivity contribution >= 4 is 18.6 Å². The van der Waals surface area contributed by atoms with E-state index in [2.05, 4.69) is 12.6 Å². The topological polar surface area (TPSA) is 57.5 Å². The molecule has 0 amide bonds. The number of carbonyl (C=O) groups is 1. The molecule has 3 nitrogen and oxygen atoms in total. The predicted octanol–water partition coefficient (Wildman–Crippen LogP) is 0.530. The van der Waals surface area contributed by atoms with Crippen LogP contribution in [0, 0.1) is 0 Å². The largest absolute Gasteiger partial charge is 0.480 e. The summed E-state index contributed by atoms with van der Waals surface area (Å²) in [6.07, 6.45) is 0.463. The van der Waals surface area contributed by atoms with Crippen LogP contribution in [-0.2, 0) is 4.79 Å². The minimum Gasteiger partial charge on any atom is -0.480 e. The minimum atomic E-state index is -0.927. The Labute approximate surface area is 65.5 Å². The maximum atomic E-state index is 10.2. The van der Waals surface area contributed by atoms with Crippen LogP contribution < -0.4 is 0 Å². The normalized spacial score (nSPS) is 16.3. The summed E-state index contributed by atoms with van der Waals surface area (Å²) in [5.41, 5.74) is 0. The summed E-state index contributed by atoms with van der Waals surface area (Å²) < 4.78 is 0. The van der Waals surface area contributed by atoms with Crippen LogP contribution in [0.25, 0.3) is 0 Å². The Morgan fingerprint density at radius 2 is 2.10 bits per heavy atom. The maximum Gasteiger partial charge on any atom is 0.316 e. The van der Waals surface area contributed by atoms with E-state index in [1.807, 2.05) is 0 Å². The third-order valence-electron chi connectivity index (χ3n) is 1.14. The van der Waals surface area contributed by atoms with Crippen molar-refractivity contribution in [2.75, 3.05) is 0 Å². The van der Waals surface area contributed by atoms with Crippen molar-refractivity contribution in [3.8, 4) is 0 Å². The smallest absolute Gasteiger partial charge is 0.316 e. The zero-order chi connectivity index (χ0) is 8.15. The lowest BCUT2D eigenvalue weighted by Crippen LogP contribution is -2.15. The second kappa shape index (κ2) is 4.57. The average molecular weight is 164 g/mol. The molecule has 0 aromatic carbocycles. The lowest BCUT2D eigenvalue weighted by molar-refractivity contribution is -0.136. The quantitative estimate of drug-likeness (QED) is 0.531. The molecule has 0 fully saturated rings. The molecule has 0 aliphatic heterocycles. The molecule has 0 bridgehead atoms. The van der Waals surface area contributed by atoms with Gasteiger partial charge in [-0.25, -0.2) is 0 Å². The molecule has 0 saturated heterocycles. The Hall–Kier alpha value is -0.220. The van der Waals surface area contributed by atoms with Gasteiger partial charge in [0.2, 0.25) is 0 Å². The van der Waals surface area contributed by atoms with Crippen LogP contribution in [0.3, 0.4) is 0 Å². The first-order valence-electron chi connectivity index (χ1n) is 3.13.